The molecule has 16 heavy (non-hydrogen) atoms. The summed E-state index contributed by atoms with van der Waals surface area (Å²) in [5, 5.41) is 10.2. The number of hydrogen-bond donors (Lipinski definition) is 1. The molecule has 84 valence electrons. The van der Waals surface area contributed by atoms with Gasteiger partial charge in [-0.15, -0.1) is 0 Å². The fraction of sp³-hybridized carbons (Fsp3) is 0.250. The van der Waals surface area contributed by atoms with Crippen LogP contribution in [0.3, 0.4) is 0 Å². The van der Waals surface area contributed by atoms with Gasteiger partial charge in [0.2, 0.25) is 0 Å². The molecule has 1 aromatic heterocycles. The van der Waals surface area contributed by atoms with Crippen LogP contribution in [-0.4, -0.2) is 22.8 Å². The van der Waals surface area contributed by atoms with Crippen molar-refractivity contribution in [2.45, 2.75) is 13.7 Å². The molecule has 0 fully saturated rings. The number of nitrogens with zero attached hydrogens (tertiary/aromatic N) is 1. The summed E-state index contributed by atoms with van der Waals surface area (Å²) in [7, 11) is 1.55. The number of rotatable bonds is 3. The highest BCUT2D eigenvalue weighted by Crippen LogP contribution is 2.25. The van der Waals surface area contributed by atoms with Gasteiger partial charge in [-0.25, -0.2) is 4.79 Å². The molecule has 0 aliphatic rings. The highest BCUT2D eigenvalue weighted by molar-refractivity contribution is 5.97. The van der Waals surface area contributed by atoms with Crippen LogP contribution in [0.4, 0.5) is 0 Å². The summed E-state index contributed by atoms with van der Waals surface area (Å²) >= 11 is 0. The maximum atomic E-state index is 11.2. The van der Waals surface area contributed by atoms with E-state index in [2.05, 4.69) is 0 Å². The van der Waals surface area contributed by atoms with Crippen molar-refractivity contribution in [3.05, 3.63) is 35.5 Å². The number of fused-ring (bicyclic) bond motifs is 1. The molecule has 4 nitrogen and oxygen atoms in total. The second-order valence-corrected chi connectivity index (χ2v) is 3.64. The van der Waals surface area contributed by atoms with E-state index >= 15 is 0 Å². The zero-order valence-corrected chi connectivity index (χ0v) is 9.23. The number of carbonyl (C=O) groups is 1. The van der Waals surface area contributed by atoms with E-state index < -0.39 is 5.97 Å². The van der Waals surface area contributed by atoms with Gasteiger partial charge >= 0.3 is 5.97 Å². The number of aryl methyl sites for hydroxylation is 1. The number of benzene rings is 1. The van der Waals surface area contributed by atoms with Gasteiger partial charge in [-0.05, 0) is 18.6 Å². The van der Waals surface area contributed by atoms with Crippen molar-refractivity contribution in [2.24, 2.45) is 0 Å². The zero-order valence-electron chi connectivity index (χ0n) is 9.23. The molecule has 0 aliphatic heterocycles. The van der Waals surface area contributed by atoms with Crippen LogP contribution in [0.1, 0.15) is 16.1 Å². The Hall–Kier alpha value is -1.81. The molecule has 2 rings (SSSR count). The standard InChI is InChI=1S/C12H13NO3/c1-8-9-5-3-4-6-10(9)13(7-16-2)11(8)12(14)15/h3-6H,7H2,1-2H3,(H,14,15). The minimum Gasteiger partial charge on any atom is -0.477 e. The Morgan fingerprint density at radius 3 is 2.75 bits per heavy atom. The predicted molar refractivity (Wildman–Crippen MR) is 60.6 cm³/mol. The van der Waals surface area contributed by atoms with Gasteiger partial charge in [0.05, 0.1) is 5.52 Å². The lowest BCUT2D eigenvalue weighted by Crippen LogP contribution is -2.10. The minimum atomic E-state index is -0.925. The first kappa shape index (κ1) is 10.7. The molecule has 0 aliphatic carbocycles. The average molecular weight is 219 g/mol. The maximum absolute atomic E-state index is 11.2. The number of ether oxygens (including phenoxy) is 1. The molecular formula is C12H13NO3. The van der Waals surface area contributed by atoms with Crippen molar-refractivity contribution in [3.63, 3.8) is 0 Å². The molecule has 2 aromatic rings. The minimum absolute atomic E-state index is 0.246. The van der Waals surface area contributed by atoms with Gasteiger partial charge < -0.3 is 14.4 Å². The normalized spacial score (nSPS) is 10.9. The Labute approximate surface area is 93.1 Å². The van der Waals surface area contributed by atoms with E-state index in [1.165, 1.54) is 0 Å². The van der Waals surface area contributed by atoms with Gasteiger partial charge in [-0.2, -0.15) is 0 Å². The zero-order chi connectivity index (χ0) is 11.7. The highest BCUT2D eigenvalue weighted by Gasteiger charge is 2.18. The molecule has 1 heterocycles. The third-order valence-corrected chi connectivity index (χ3v) is 2.68. The number of para-hydroxylation sites is 1. The first-order valence-corrected chi connectivity index (χ1v) is 4.97. The second kappa shape index (κ2) is 3.98. The van der Waals surface area contributed by atoms with E-state index in [0.717, 1.165) is 16.5 Å². The lowest BCUT2D eigenvalue weighted by atomic mass is 10.1. The van der Waals surface area contributed by atoms with Crippen LogP contribution in [-0.2, 0) is 11.5 Å². The molecule has 0 atom stereocenters. The van der Waals surface area contributed by atoms with Gasteiger partial charge in [0.1, 0.15) is 12.4 Å². The van der Waals surface area contributed by atoms with E-state index in [4.69, 9.17) is 4.74 Å². The van der Waals surface area contributed by atoms with Crippen LogP contribution in [0.15, 0.2) is 24.3 Å². The van der Waals surface area contributed by atoms with Crippen molar-refractivity contribution < 1.29 is 14.6 Å². The molecule has 1 aromatic carbocycles. The number of carboxylic acids is 1. The Bertz CT molecular complexity index is 542. The van der Waals surface area contributed by atoms with E-state index in [9.17, 15) is 9.90 Å². The van der Waals surface area contributed by atoms with E-state index in [0.29, 0.717) is 5.69 Å². The van der Waals surface area contributed by atoms with Gasteiger partial charge in [0.15, 0.2) is 0 Å². The molecule has 0 saturated heterocycles. The summed E-state index contributed by atoms with van der Waals surface area (Å²) < 4.78 is 6.71. The van der Waals surface area contributed by atoms with Crippen LogP contribution in [0.5, 0.6) is 0 Å². The fourth-order valence-corrected chi connectivity index (χ4v) is 2.02. The SMILES string of the molecule is COCn1c(C(=O)O)c(C)c2ccccc21. The number of methoxy groups -OCH3 is 1. The topological polar surface area (TPSA) is 51.5 Å². The largest absolute Gasteiger partial charge is 0.477 e. The third-order valence-electron chi connectivity index (χ3n) is 2.68. The maximum Gasteiger partial charge on any atom is 0.352 e. The van der Waals surface area contributed by atoms with Crippen molar-refractivity contribution in [3.8, 4) is 0 Å². The van der Waals surface area contributed by atoms with Gasteiger partial charge in [0.25, 0.3) is 0 Å². The summed E-state index contributed by atoms with van der Waals surface area (Å²) in [5.41, 5.74) is 1.96. The molecule has 0 radical (unpaired) electrons. The van der Waals surface area contributed by atoms with E-state index in [-0.39, 0.29) is 6.73 Å². The molecule has 0 saturated carbocycles. The molecule has 4 heteroatoms. The summed E-state index contributed by atoms with van der Waals surface area (Å²) in [4.78, 5) is 11.2. The molecular weight excluding hydrogens is 206 g/mol. The third kappa shape index (κ3) is 1.47. The lowest BCUT2D eigenvalue weighted by molar-refractivity contribution is 0.0663. The van der Waals surface area contributed by atoms with E-state index in [1.807, 2.05) is 31.2 Å². The van der Waals surface area contributed by atoms with Crippen LogP contribution in [0.25, 0.3) is 10.9 Å². The van der Waals surface area contributed by atoms with Gasteiger partial charge in [0, 0.05) is 12.5 Å². The first-order valence-electron chi connectivity index (χ1n) is 4.97. The van der Waals surface area contributed by atoms with E-state index in [1.54, 1.807) is 11.7 Å². The number of aromatic nitrogens is 1. The Morgan fingerprint density at radius 2 is 2.12 bits per heavy atom. The number of aromatic carboxylic acids is 1. The van der Waals surface area contributed by atoms with Crippen LogP contribution in [0, 0.1) is 6.92 Å². The molecule has 0 bridgehead atoms. The number of carboxylic acid groups (broad SMARTS) is 1. The van der Waals surface area contributed by atoms with Crippen molar-refractivity contribution in [1.29, 1.82) is 0 Å². The molecule has 0 amide bonds. The quantitative estimate of drug-likeness (QED) is 0.861. The first-order chi connectivity index (χ1) is 7.66. The average Bonchev–Trinajstić information content (AvgIpc) is 2.54. The number of hydrogen-bond acceptors (Lipinski definition) is 2. The van der Waals surface area contributed by atoms with Crippen molar-refractivity contribution >= 4 is 16.9 Å². The Balaban J connectivity index is 2.80. The highest BCUT2D eigenvalue weighted by atomic mass is 16.5. The van der Waals surface area contributed by atoms with Crippen molar-refractivity contribution in [2.75, 3.05) is 7.11 Å². The van der Waals surface area contributed by atoms with Gasteiger partial charge in [-0.3, -0.25) is 0 Å². The summed E-state index contributed by atoms with van der Waals surface area (Å²) in [6.07, 6.45) is 0. The second-order valence-electron chi connectivity index (χ2n) is 3.64. The predicted octanol–water partition coefficient (Wildman–Crippen LogP) is 2.25. The van der Waals surface area contributed by atoms with Crippen LogP contribution < -0.4 is 0 Å². The molecule has 1 N–H and O–H groups in total. The summed E-state index contributed by atoms with van der Waals surface area (Å²) in [6, 6.07) is 7.61. The Morgan fingerprint density at radius 1 is 1.44 bits per heavy atom. The monoisotopic (exact) mass is 219 g/mol. The summed E-state index contributed by atoms with van der Waals surface area (Å²) in [6.45, 7) is 2.06. The van der Waals surface area contributed by atoms with Crippen LogP contribution in [0.2, 0.25) is 0 Å². The van der Waals surface area contributed by atoms with Gasteiger partial charge in [-0.1, -0.05) is 18.2 Å². The van der Waals surface area contributed by atoms with Crippen LogP contribution >= 0.6 is 0 Å². The molecule has 0 unspecified atom stereocenters. The smallest absolute Gasteiger partial charge is 0.352 e. The summed E-state index contributed by atoms with van der Waals surface area (Å²) in [5.74, 6) is -0.925. The lowest BCUT2D eigenvalue weighted by Gasteiger charge is -2.06. The Kier molecular flexibility index (Phi) is 2.66. The van der Waals surface area contributed by atoms with Crippen molar-refractivity contribution in [1.82, 2.24) is 4.57 Å². The fourth-order valence-electron chi connectivity index (χ4n) is 2.02. The molecule has 0 spiro atoms.